The van der Waals surface area contributed by atoms with Crippen LogP contribution in [0, 0.1) is 5.92 Å². The van der Waals surface area contributed by atoms with Crippen LogP contribution in [0.4, 0.5) is 5.82 Å². The van der Waals surface area contributed by atoms with Crippen molar-refractivity contribution in [3.05, 3.63) is 17.8 Å². The van der Waals surface area contributed by atoms with E-state index in [1.54, 1.807) is 19.1 Å². The molecule has 1 aromatic heterocycles. The summed E-state index contributed by atoms with van der Waals surface area (Å²) in [4.78, 5) is 26.5. The lowest BCUT2D eigenvalue weighted by Crippen LogP contribution is -2.38. The molecule has 1 N–H and O–H groups in total. The summed E-state index contributed by atoms with van der Waals surface area (Å²) in [6.45, 7) is 4.18. The average Bonchev–Trinajstić information content (AvgIpc) is 3.21. The lowest BCUT2D eigenvalue weighted by Gasteiger charge is -2.22. The third kappa shape index (κ3) is 4.93. The molecule has 1 amide bonds. The van der Waals surface area contributed by atoms with Gasteiger partial charge in [0.1, 0.15) is 0 Å². The van der Waals surface area contributed by atoms with Gasteiger partial charge in [0, 0.05) is 19.6 Å². The van der Waals surface area contributed by atoms with E-state index in [0.29, 0.717) is 12.5 Å². The van der Waals surface area contributed by atoms with E-state index in [1.807, 2.05) is 0 Å². The lowest BCUT2D eigenvalue weighted by atomic mass is 9.89. The minimum absolute atomic E-state index is 0.125. The topological polar surface area (TPSA) is 84.4 Å². The molecular weight excluding hydrogens is 332 g/mol. The molecule has 1 aromatic rings. The molecule has 7 nitrogen and oxygen atoms in total. The third-order valence-electron chi connectivity index (χ3n) is 5.23. The monoisotopic (exact) mass is 360 g/mol. The molecule has 7 heteroatoms. The largest absolute Gasteiger partial charge is 0.448 e. The summed E-state index contributed by atoms with van der Waals surface area (Å²) in [5.41, 5.74) is 0.125. The summed E-state index contributed by atoms with van der Waals surface area (Å²) in [5.74, 6) is 0.438. The average molecular weight is 360 g/mol. The molecule has 0 aromatic carbocycles. The molecule has 1 aliphatic carbocycles. The Morgan fingerprint density at radius 3 is 2.54 bits per heavy atom. The van der Waals surface area contributed by atoms with Crippen LogP contribution in [-0.2, 0) is 9.53 Å². The van der Waals surface area contributed by atoms with Gasteiger partial charge in [-0.1, -0.05) is 19.3 Å². The molecule has 1 atom stereocenters. The molecule has 3 rings (SSSR count). The standard InChI is InChI=1S/C19H28N4O3/c1-14(18(24)20-13-15-7-3-2-4-8-15)26-19(25)16-9-10-17(22-21-16)23-11-5-6-12-23/h9-10,14-15H,2-8,11-13H2,1H3,(H,20,24). The van der Waals surface area contributed by atoms with E-state index >= 15 is 0 Å². The maximum Gasteiger partial charge on any atom is 0.359 e. The van der Waals surface area contributed by atoms with Crippen molar-refractivity contribution in [1.29, 1.82) is 0 Å². The van der Waals surface area contributed by atoms with E-state index in [4.69, 9.17) is 4.74 Å². The molecule has 2 heterocycles. The molecule has 0 radical (unpaired) electrons. The molecule has 1 aliphatic heterocycles. The number of carbonyl (C=O) groups is 2. The van der Waals surface area contributed by atoms with Crippen LogP contribution in [0.5, 0.6) is 0 Å². The number of hydrogen-bond donors (Lipinski definition) is 1. The Hall–Kier alpha value is -2.18. The first kappa shape index (κ1) is 18.6. The Bertz CT molecular complexity index is 608. The maximum absolute atomic E-state index is 12.2. The van der Waals surface area contributed by atoms with Crippen LogP contribution in [-0.4, -0.2) is 47.8 Å². The predicted octanol–water partition coefficient (Wildman–Crippen LogP) is 2.32. The molecule has 0 bridgehead atoms. The van der Waals surface area contributed by atoms with Gasteiger partial charge in [-0.15, -0.1) is 10.2 Å². The van der Waals surface area contributed by atoms with E-state index in [0.717, 1.165) is 44.6 Å². The third-order valence-corrected chi connectivity index (χ3v) is 5.23. The summed E-state index contributed by atoms with van der Waals surface area (Å²) < 4.78 is 5.24. The lowest BCUT2D eigenvalue weighted by molar-refractivity contribution is -0.129. The predicted molar refractivity (Wildman–Crippen MR) is 97.9 cm³/mol. The van der Waals surface area contributed by atoms with Crippen molar-refractivity contribution < 1.29 is 14.3 Å². The van der Waals surface area contributed by atoms with Crippen molar-refractivity contribution in [3.63, 3.8) is 0 Å². The van der Waals surface area contributed by atoms with Gasteiger partial charge in [-0.05, 0) is 50.7 Å². The molecule has 1 saturated carbocycles. The Labute approximate surface area is 154 Å². The molecule has 142 valence electrons. The second kappa shape index (κ2) is 8.96. The van der Waals surface area contributed by atoms with Gasteiger partial charge in [0.2, 0.25) is 0 Å². The Balaban J connectivity index is 1.46. The number of nitrogens with one attached hydrogen (secondary N) is 1. The fourth-order valence-corrected chi connectivity index (χ4v) is 3.60. The van der Waals surface area contributed by atoms with Crippen molar-refractivity contribution in [2.45, 2.75) is 58.0 Å². The molecule has 1 saturated heterocycles. The molecule has 2 aliphatic rings. The summed E-state index contributed by atoms with van der Waals surface area (Å²) in [5, 5.41) is 11.0. The number of aromatic nitrogens is 2. The van der Waals surface area contributed by atoms with Gasteiger partial charge in [-0.25, -0.2) is 4.79 Å². The summed E-state index contributed by atoms with van der Waals surface area (Å²) in [7, 11) is 0. The van der Waals surface area contributed by atoms with Crippen LogP contribution in [0.2, 0.25) is 0 Å². The number of carbonyl (C=O) groups excluding carboxylic acids is 2. The fraction of sp³-hybridized carbons (Fsp3) is 0.684. The highest BCUT2D eigenvalue weighted by atomic mass is 16.5. The van der Waals surface area contributed by atoms with E-state index in [2.05, 4.69) is 20.4 Å². The SMILES string of the molecule is CC(OC(=O)c1ccc(N2CCCC2)nn1)C(=O)NCC1CCCCC1. The highest BCUT2D eigenvalue weighted by molar-refractivity contribution is 5.90. The number of nitrogens with zero attached hydrogens (tertiary/aromatic N) is 3. The number of ether oxygens (including phenoxy) is 1. The minimum Gasteiger partial charge on any atom is -0.448 e. The van der Waals surface area contributed by atoms with E-state index < -0.39 is 12.1 Å². The van der Waals surface area contributed by atoms with Gasteiger partial charge >= 0.3 is 5.97 Å². The van der Waals surface area contributed by atoms with E-state index in [9.17, 15) is 9.59 Å². The first-order valence-corrected chi connectivity index (χ1v) is 9.71. The van der Waals surface area contributed by atoms with Gasteiger partial charge in [0.05, 0.1) is 0 Å². The number of amides is 1. The summed E-state index contributed by atoms with van der Waals surface area (Å²) in [6, 6.07) is 3.39. The van der Waals surface area contributed by atoms with Crippen LogP contribution in [0.15, 0.2) is 12.1 Å². The Morgan fingerprint density at radius 1 is 1.15 bits per heavy atom. The number of anilines is 1. The van der Waals surface area contributed by atoms with Crippen molar-refractivity contribution in [2.75, 3.05) is 24.5 Å². The quantitative estimate of drug-likeness (QED) is 0.784. The molecular formula is C19H28N4O3. The zero-order valence-electron chi connectivity index (χ0n) is 15.4. The maximum atomic E-state index is 12.2. The first-order valence-electron chi connectivity index (χ1n) is 9.71. The summed E-state index contributed by atoms with van der Waals surface area (Å²) >= 11 is 0. The zero-order valence-corrected chi connectivity index (χ0v) is 15.4. The smallest absolute Gasteiger partial charge is 0.359 e. The number of hydrogen-bond acceptors (Lipinski definition) is 6. The van der Waals surface area contributed by atoms with Gasteiger partial charge in [0.25, 0.3) is 5.91 Å². The van der Waals surface area contributed by atoms with Crippen molar-refractivity contribution in [3.8, 4) is 0 Å². The number of esters is 1. The molecule has 1 unspecified atom stereocenters. The number of rotatable bonds is 6. The minimum atomic E-state index is -0.842. The van der Waals surface area contributed by atoms with Crippen LogP contribution < -0.4 is 10.2 Å². The second-order valence-electron chi connectivity index (χ2n) is 7.27. The second-order valence-corrected chi connectivity index (χ2v) is 7.27. The molecule has 2 fully saturated rings. The summed E-state index contributed by atoms with van der Waals surface area (Å²) in [6.07, 6.45) is 7.54. The zero-order chi connectivity index (χ0) is 18.4. The van der Waals surface area contributed by atoms with Gasteiger partial charge < -0.3 is 15.0 Å². The normalized spacial score (nSPS) is 19.2. The van der Waals surface area contributed by atoms with Crippen LogP contribution in [0.3, 0.4) is 0 Å². The highest BCUT2D eigenvalue weighted by Gasteiger charge is 2.22. The van der Waals surface area contributed by atoms with Gasteiger partial charge in [-0.2, -0.15) is 0 Å². The van der Waals surface area contributed by atoms with E-state index in [-0.39, 0.29) is 11.6 Å². The molecule has 0 spiro atoms. The fourth-order valence-electron chi connectivity index (χ4n) is 3.60. The van der Waals surface area contributed by atoms with E-state index in [1.165, 1.54) is 19.3 Å². The Kier molecular flexibility index (Phi) is 6.41. The Morgan fingerprint density at radius 2 is 1.88 bits per heavy atom. The van der Waals surface area contributed by atoms with Crippen LogP contribution >= 0.6 is 0 Å². The van der Waals surface area contributed by atoms with Crippen LogP contribution in [0.1, 0.15) is 62.4 Å². The highest BCUT2D eigenvalue weighted by Crippen LogP contribution is 2.22. The van der Waals surface area contributed by atoms with Crippen molar-refractivity contribution in [1.82, 2.24) is 15.5 Å². The first-order chi connectivity index (χ1) is 12.6. The van der Waals surface area contributed by atoms with Crippen LogP contribution in [0.25, 0.3) is 0 Å². The van der Waals surface area contributed by atoms with Crippen molar-refractivity contribution >= 4 is 17.7 Å². The van der Waals surface area contributed by atoms with Crippen molar-refractivity contribution in [2.24, 2.45) is 5.92 Å². The van der Waals surface area contributed by atoms with Gasteiger partial charge in [0.15, 0.2) is 17.6 Å². The molecule has 26 heavy (non-hydrogen) atoms. The van der Waals surface area contributed by atoms with Gasteiger partial charge in [-0.3, -0.25) is 4.79 Å².